The van der Waals surface area contributed by atoms with Gasteiger partial charge >= 0.3 is 6.09 Å². The van der Waals surface area contributed by atoms with Gasteiger partial charge in [-0.15, -0.1) is 11.6 Å². The molecule has 0 fully saturated rings. The Kier molecular flexibility index (Phi) is 4.34. The van der Waals surface area contributed by atoms with E-state index in [1.807, 2.05) is 0 Å². The summed E-state index contributed by atoms with van der Waals surface area (Å²) in [6.45, 7) is 5.25. The first-order valence-electron chi connectivity index (χ1n) is 5.16. The number of ether oxygens (including phenoxy) is 1. The second kappa shape index (κ2) is 5.36. The van der Waals surface area contributed by atoms with E-state index >= 15 is 0 Å². The van der Waals surface area contributed by atoms with Gasteiger partial charge in [-0.05, 0) is 38.5 Å². The number of amides is 1. The van der Waals surface area contributed by atoms with Crippen molar-refractivity contribution in [3.8, 4) is 0 Å². The van der Waals surface area contributed by atoms with Crippen LogP contribution in [0.3, 0.4) is 0 Å². The fourth-order valence-electron chi connectivity index (χ4n) is 1.20. The molecule has 0 spiro atoms. The molecular formula is C12H15ClFNO2. The lowest BCUT2D eigenvalue weighted by Crippen LogP contribution is -2.27. The molecule has 0 radical (unpaired) electrons. The first kappa shape index (κ1) is 13.8. The van der Waals surface area contributed by atoms with Crippen LogP contribution in [0.1, 0.15) is 26.3 Å². The van der Waals surface area contributed by atoms with Gasteiger partial charge in [-0.2, -0.15) is 0 Å². The van der Waals surface area contributed by atoms with Crippen molar-refractivity contribution in [3.05, 3.63) is 29.6 Å². The predicted molar refractivity (Wildman–Crippen MR) is 65.8 cm³/mol. The molecule has 0 bridgehead atoms. The van der Waals surface area contributed by atoms with Gasteiger partial charge in [-0.25, -0.2) is 9.18 Å². The number of hydrogen-bond donors (Lipinski definition) is 1. The molecule has 0 saturated heterocycles. The van der Waals surface area contributed by atoms with E-state index in [0.717, 1.165) is 0 Å². The molecule has 0 aromatic heterocycles. The van der Waals surface area contributed by atoms with Crippen LogP contribution in [0, 0.1) is 5.82 Å². The number of halogens is 2. The van der Waals surface area contributed by atoms with Gasteiger partial charge in [0.15, 0.2) is 0 Å². The largest absolute Gasteiger partial charge is 0.444 e. The number of hydrogen-bond acceptors (Lipinski definition) is 2. The number of nitrogens with one attached hydrogen (secondary N) is 1. The molecule has 1 aromatic carbocycles. The molecule has 3 nitrogen and oxygen atoms in total. The van der Waals surface area contributed by atoms with Crippen LogP contribution in [0.15, 0.2) is 18.2 Å². The molecule has 17 heavy (non-hydrogen) atoms. The van der Waals surface area contributed by atoms with Crippen molar-refractivity contribution in [3.63, 3.8) is 0 Å². The van der Waals surface area contributed by atoms with E-state index in [0.29, 0.717) is 11.3 Å². The predicted octanol–water partition coefficient (Wildman–Crippen LogP) is 3.91. The third-order valence-corrected chi connectivity index (χ3v) is 2.14. The minimum Gasteiger partial charge on any atom is -0.444 e. The summed E-state index contributed by atoms with van der Waals surface area (Å²) in [6, 6.07) is 4.02. The zero-order chi connectivity index (χ0) is 13.1. The van der Waals surface area contributed by atoms with Crippen LogP contribution in [0.5, 0.6) is 0 Å². The van der Waals surface area contributed by atoms with Gasteiger partial charge in [0.2, 0.25) is 0 Å². The molecule has 0 saturated carbocycles. The van der Waals surface area contributed by atoms with Gasteiger partial charge in [0, 0.05) is 5.88 Å². The molecule has 0 aliphatic carbocycles. The van der Waals surface area contributed by atoms with Crippen molar-refractivity contribution in [2.75, 3.05) is 5.32 Å². The normalized spacial score (nSPS) is 11.1. The van der Waals surface area contributed by atoms with E-state index in [4.69, 9.17) is 16.3 Å². The molecule has 1 rings (SSSR count). The van der Waals surface area contributed by atoms with Crippen LogP contribution < -0.4 is 5.32 Å². The Bertz CT molecular complexity index is 415. The van der Waals surface area contributed by atoms with Gasteiger partial charge in [0.25, 0.3) is 0 Å². The highest BCUT2D eigenvalue weighted by molar-refractivity contribution is 6.17. The van der Waals surface area contributed by atoms with Crippen LogP contribution in [0.25, 0.3) is 0 Å². The van der Waals surface area contributed by atoms with Crippen molar-refractivity contribution in [2.24, 2.45) is 0 Å². The van der Waals surface area contributed by atoms with Crippen molar-refractivity contribution in [2.45, 2.75) is 32.3 Å². The van der Waals surface area contributed by atoms with E-state index < -0.39 is 17.5 Å². The summed E-state index contributed by atoms with van der Waals surface area (Å²) in [6.07, 6.45) is -0.630. The van der Waals surface area contributed by atoms with Crippen molar-refractivity contribution < 1.29 is 13.9 Å². The standard InChI is InChI=1S/C12H15ClFNO2/c1-12(2,3)17-11(16)15-10-6-9(14)5-4-8(10)7-13/h4-6H,7H2,1-3H3,(H,15,16). The molecule has 5 heteroatoms. The summed E-state index contributed by atoms with van der Waals surface area (Å²) >= 11 is 5.69. The Morgan fingerprint density at radius 3 is 2.65 bits per heavy atom. The molecule has 1 amide bonds. The quantitative estimate of drug-likeness (QED) is 0.818. The second-order valence-corrected chi connectivity index (χ2v) is 4.83. The van der Waals surface area contributed by atoms with E-state index in [9.17, 15) is 9.18 Å². The molecule has 1 aromatic rings. The lowest BCUT2D eigenvalue weighted by molar-refractivity contribution is 0.0636. The van der Waals surface area contributed by atoms with Crippen LogP contribution in [0.4, 0.5) is 14.9 Å². The van der Waals surface area contributed by atoms with E-state index in [1.165, 1.54) is 18.2 Å². The van der Waals surface area contributed by atoms with Crippen LogP contribution >= 0.6 is 11.6 Å². The summed E-state index contributed by atoms with van der Waals surface area (Å²) in [5.41, 5.74) is 0.367. The highest BCUT2D eigenvalue weighted by atomic mass is 35.5. The maximum absolute atomic E-state index is 13.0. The fraction of sp³-hybridized carbons (Fsp3) is 0.417. The Labute approximate surface area is 105 Å². The number of benzene rings is 1. The van der Waals surface area contributed by atoms with Crippen molar-refractivity contribution in [1.29, 1.82) is 0 Å². The lowest BCUT2D eigenvalue weighted by Gasteiger charge is -2.20. The molecule has 0 aliphatic heterocycles. The minimum absolute atomic E-state index is 0.186. The highest BCUT2D eigenvalue weighted by Crippen LogP contribution is 2.20. The number of carbonyl (C=O) groups excluding carboxylic acids is 1. The smallest absolute Gasteiger partial charge is 0.412 e. The maximum Gasteiger partial charge on any atom is 0.412 e. The molecule has 0 aliphatic rings. The van der Waals surface area contributed by atoms with Gasteiger partial charge in [0.1, 0.15) is 11.4 Å². The SMILES string of the molecule is CC(C)(C)OC(=O)Nc1cc(F)ccc1CCl. The average Bonchev–Trinajstić information content (AvgIpc) is 2.14. The third-order valence-electron chi connectivity index (χ3n) is 1.85. The average molecular weight is 260 g/mol. The van der Waals surface area contributed by atoms with Gasteiger partial charge in [-0.1, -0.05) is 6.07 Å². The number of alkyl halides is 1. The maximum atomic E-state index is 13.0. The molecule has 0 atom stereocenters. The zero-order valence-corrected chi connectivity index (χ0v) is 10.8. The zero-order valence-electron chi connectivity index (χ0n) is 10.0. The number of carbonyl (C=O) groups is 1. The monoisotopic (exact) mass is 259 g/mol. The van der Waals surface area contributed by atoms with Crippen molar-refractivity contribution in [1.82, 2.24) is 0 Å². The first-order valence-corrected chi connectivity index (χ1v) is 5.69. The van der Waals surface area contributed by atoms with E-state index in [-0.39, 0.29) is 5.88 Å². The molecule has 94 valence electrons. The van der Waals surface area contributed by atoms with Gasteiger partial charge in [0.05, 0.1) is 5.69 Å². The van der Waals surface area contributed by atoms with Gasteiger partial charge in [-0.3, -0.25) is 5.32 Å². The molecule has 0 unspecified atom stereocenters. The second-order valence-electron chi connectivity index (χ2n) is 4.56. The van der Waals surface area contributed by atoms with Crippen LogP contribution in [0.2, 0.25) is 0 Å². The van der Waals surface area contributed by atoms with E-state index in [1.54, 1.807) is 20.8 Å². The summed E-state index contributed by atoms with van der Waals surface area (Å²) in [5, 5.41) is 2.47. The van der Waals surface area contributed by atoms with Gasteiger partial charge < -0.3 is 4.74 Å². The van der Waals surface area contributed by atoms with E-state index in [2.05, 4.69) is 5.32 Å². The Morgan fingerprint density at radius 2 is 2.12 bits per heavy atom. The third kappa shape index (κ3) is 4.61. The summed E-state index contributed by atoms with van der Waals surface area (Å²) in [7, 11) is 0. The molecule has 1 N–H and O–H groups in total. The summed E-state index contributed by atoms with van der Waals surface area (Å²) in [4.78, 5) is 11.5. The summed E-state index contributed by atoms with van der Waals surface area (Å²) in [5.74, 6) is -0.254. The molecular weight excluding hydrogens is 245 g/mol. The Balaban J connectivity index is 2.80. The lowest BCUT2D eigenvalue weighted by atomic mass is 10.2. The first-order chi connectivity index (χ1) is 7.81. The summed E-state index contributed by atoms with van der Waals surface area (Å²) < 4.78 is 18.1. The van der Waals surface area contributed by atoms with Crippen LogP contribution in [-0.4, -0.2) is 11.7 Å². The fourth-order valence-corrected chi connectivity index (χ4v) is 1.43. The number of rotatable bonds is 2. The topological polar surface area (TPSA) is 38.3 Å². The molecule has 0 heterocycles. The Hall–Kier alpha value is -1.29. The highest BCUT2D eigenvalue weighted by Gasteiger charge is 2.17. The Morgan fingerprint density at radius 1 is 1.47 bits per heavy atom. The minimum atomic E-state index is -0.630. The van der Waals surface area contributed by atoms with Crippen molar-refractivity contribution >= 4 is 23.4 Å². The van der Waals surface area contributed by atoms with Crippen LogP contribution in [-0.2, 0) is 10.6 Å². The number of anilines is 1.